The van der Waals surface area contributed by atoms with Crippen molar-refractivity contribution in [2.45, 2.75) is 99.3 Å². The zero-order valence-electron chi connectivity index (χ0n) is 20.3. The predicted octanol–water partition coefficient (Wildman–Crippen LogP) is 8.45. The molecule has 0 aromatic rings. The predicted molar refractivity (Wildman–Crippen MR) is 101 cm³/mol. The molecular weight excluding hydrogens is 646 g/mol. The fraction of sp³-hybridized carbons (Fsp3) is 0.900. The van der Waals surface area contributed by atoms with Gasteiger partial charge in [-0.25, -0.2) is 0 Å². The summed E-state index contributed by atoms with van der Waals surface area (Å²) in [6.07, 6.45) is -25.5. The van der Waals surface area contributed by atoms with E-state index < -0.39 is 123 Å². The molecule has 250 valence electrons. The Labute approximate surface area is 223 Å². The van der Waals surface area contributed by atoms with E-state index in [4.69, 9.17) is 10.2 Å². The minimum atomic E-state index is -7.22. The molecule has 0 bridgehead atoms. The standard InChI is InChI=1S/C20H20F18O4/c21-13(22,15(25,26)17(29,30)19(33,34)35)7-5-9(11(39)40)3-1-2-4-10(12(41)42)6-8-14(23,24)16(27,28)18(31,32)20(36,37)38/h9-10H,1-8H2,(H,39,40)(H,41,42). The summed E-state index contributed by atoms with van der Waals surface area (Å²) in [7, 11) is 0. The number of unbranched alkanes of at least 4 members (excludes halogenated alkanes) is 1. The Balaban J connectivity index is 5.30. The Bertz CT molecular complexity index is 851. The van der Waals surface area contributed by atoms with E-state index in [1.807, 2.05) is 0 Å². The van der Waals surface area contributed by atoms with Crippen molar-refractivity contribution in [2.24, 2.45) is 11.8 Å². The van der Waals surface area contributed by atoms with Crippen LogP contribution in [-0.4, -0.2) is 70.0 Å². The van der Waals surface area contributed by atoms with Gasteiger partial charge in [0.15, 0.2) is 0 Å². The first kappa shape index (κ1) is 39.7. The molecule has 0 saturated carbocycles. The van der Waals surface area contributed by atoms with Crippen LogP contribution in [0.3, 0.4) is 0 Å². The van der Waals surface area contributed by atoms with E-state index in [9.17, 15) is 88.6 Å². The highest BCUT2D eigenvalue weighted by molar-refractivity contribution is 5.70. The van der Waals surface area contributed by atoms with Gasteiger partial charge < -0.3 is 10.2 Å². The Hall–Kier alpha value is -2.32. The molecule has 0 aliphatic heterocycles. The summed E-state index contributed by atoms with van der Waals surface area (Å²) < 4.78 is 232. The van der Waals surface area contributed by atoms with E-state index in [0.29, 0.717) is 0 Å². The zero-order valence-corrected chi connectivity index (χ0v) is 20.3. The van der Waals surface area contributed by atoms with Gasteiger partial charge >= 0.3 is 59.8 Å². The Kier molecular flexibility index (Phi) is 12.0. The van der Waals surface area contributed by atoms with Crippen LogP contribution < -0.4 is 0 Å². The maximum absolute atomic E-state index is 13.6. The molecule has 0 aromatic carbocycles. The minimum Gasteiger partial charge on any atom is -0.481 e. The molecule has 0 fully saturated rings. The number of halogens is 18. The molecule has 0 aliphatic carbocycles. The molecule has 0 heterocycles. The van der Waals surface area contributed by atoms with Gasteiger partial charge in [-0.05, 0) is 25.7 Å². The third kappa shape index (κ3) is 8.19. The first-order valence-electron chi connectivity index (χ1n) is 11.2. The van der Waals surface area contributed by atoms with Crippen molar-refractivity contribution in [3.63, 3.8) is 0 Å². The Morgan fingerprint density at radius 2 is 0.667 bits per heavy atom. The molecule has 2 atom stereocenters. The number of carboxylic acids is 2. The topological polar surface area (TPSA) is 74.6 Å². The van der Waals surface area contributed by atoms with Crippen LogP contribution in [-0.2, 0) is 9.59 Å². The van der Waals surface area contributed by atoms with Crippen LogP contribution in [0, 0.1) is 11.8 Å². The van der Waals surface area contributed by atoms with E-state index in [-0.39, 0.29) is 0 Å². The van der Waals surface area contributed by atoms with Crippen molar-refractivity contribution in [1.29, 1.82) is 0 Å². The lowest BCUT2D eigenvalue weighted by Gasteiger charge is -2.34. The van der Waals surface area contributed by atoms with Crippen molar-refractivity contribution in [3.05, 3.63) is 0 Å². The molecule has 0 aliphatic rings. The molecule has 0 radical (unpaired) electrons. The van der Waals surface area contributed by atoms with E-state index >= 15 is 0 Å². The average molecular weight is 666 g/mol. The van der Waals surface area contributed by atoms with Gasteiger partial charge in [0.1, 0.15) is 0 Å². The average Bonchev–Trinajstić information content (AvgIpc) is 2.77. The molecule has 0 aromatic heterocycles. The van der Waals surface area contributed by atoms with E-state index in [2.05, 4.69) is 0 Å². The Morgan fingerprint density at radius 3 is 0.857 bits per heavy atom. The summed E-state index contributed by atoms with van der Waals surface area (Å²) in [6, 6.07) is 0. The van der Waals surface area contributed by atoms with Crippen LogP contribution in [0.15, 0.2) is 0 Å². The summed E-state index contributed by atoms with van der Waals surface area (Å²) in [5, 5.41) is 18.0. The number of carbonyl (C=O) groups is 2. The van der Waals surface area contributed by atoms with E-state index in [0.717, 1.165) is 0 Å². The molecule has 0 rings (SSSR count). The minimum absolute atomic E-state index is 0.611. The number of carboxylic acid groups (broad SMARTS) is 2. The van der Waals surface area contributed by atoms with Gasteiger partial charge in [0.25, 0.3) is 0 Å². The molecule has 2 N–H and O–H groups in total. The molecule has 2 unspecified atom stereocenters. The van der Waals surface area contributed by atoms with E-state index in [1.54, 1.807) is 0 Å². The summed E-state index contributed by atoms with van der Waals surface area (Å²) in [5.41, 5.74) is 0. The van der Waals surface area contributed by atoms with Gasteiger partial charge in [0, 0.05) is 12.8 Å². The molecule has 4 nitrogen and oxygen atoms in total. The smallest absolute Gasteiger partial charge is 0.460 e. The first-order valence-corrected chi connectivity index (χ1v) is 11.2. The monoisotopic (exact) mass is 666 g/mol. The molecular formula is C20H20F18O4. The third-order valence-corrected chi connectivity index (χ3v) is 6.09. The fourth-order valence-electron chi connectivity index (χ4n) is 3.40. The maximum Gasteiger partial charge on any atom is 0.460 e. The van der Waals surface area contributed by atoms with Gasteiger partial charge in [-0.1, -0.05) is 12.8 Å². The van der Waals surface area contributed by atoms with Crippen LogP contribution in [0.4, 0.5) is 79.0 Å². The van der Waals surface area contributed by atoms with Crippen LogP contribution in [0.25, 0.3) is 0 Å². The van der Waals surface area contributed by atoms with Gasteiger partial charge in [-0.15, -0.1) is 0 Å². The maximum atomic E-state index is 13.6. The van der Waals surface area contributed by atoms with Crippen molar-refractivity contribution >= 4 is 11.9 Å². The lowest BCUT2D eigenvalue weighted by molar-refractivity contribution is -0.397. The summed E-state index contributed by atoms with van der Waals surface area (Å²) >= 11 is 0. The van der Waals surface area contributed by atoms with Crippen molar-refractivity contribution < 1.29 is 98.8 Å². The van der Waals surface area contributed by atoms with Gasteiger partial charge in [0.05, 0.1) is 11.8 Å². The summed E-state index contributed by atoms with van der Waals surface area (Å²) in [4.78, 5) is 22.3. The highest BCUT2D eigenvalue weighted by Gasteiger charge is 2.82. The quantitative estimate of drug-likeness (QED) is 0.121. The highest BCUT2D eigenvalue weighted by Crippen LogP contribution is 2.56. The molecule has 0 spiro atoms. The van der Waals surface area contributed by atoms with Gasteiger partial charge in [-0.2, -0.15) is 79.0 Å². The normalized spacial score (nSPS) is 16.3. The molecule has 22 heteroatoms. The summed E-state index contributed by atoms with van der Waals surface area (Å²) in [6.45, 7) is 0. The lowest BCUT2D eigenvalue weighted by Crippen LogP contribution is -2.60. The summed E-state index contributed by atoms with van der Waals surface area (Å²) in [5.74, 6) is -49.1. The first-order chi connectivity index (χ1) is 18.3. The van der Waals surface area contributed by atoms with Crippen LogP contribution in [0.2, 0.25) is 0 Å². The molecule has 0 amide bonds. The number of hydrogen-bond acceptors (Lipinski definition) is 2. The van der Waals surface area contributed by atoms with Crippen molar-refractivity contribution in [2.75, 3.05) is 0 Å². The molecule has 0 saturated heterocycles. The van der Waals surface area contributed by atoms with Gasteiger partial charge in [0.2, 0.25) is 0 Å². The lowest BCUT2D eigenvalue weighted by atomic mass is 9.89. The zero-order chi connectivity index (χ0) is 34.0. The van der Waals surface area contributed by atoms with Crippen LogP contribution >= 0.6 is 0 Å². The SMILES string of the molecule is O=C(O)C(CCCCC(CCC(F)(F)C(F)(F)C(F)(F)C(F)(F)F)C(=O)O)CCC(F)(F)C(F)(F)C(F)(F)C(F)(F)F. The van der Waals surface area contributed by atoms with Gasteiger partial charge in [-0.3, -0.25) is 9.59 Å². The van der Waals surface area contributed by atoms with E-state index in [1.165, 1.54) is 0 Å². The number of hydrogen-bond donors (Lipinski definition) is 2. The third-order valence-electron chi connectivity index (χ3n) is 6.09. The highest BCUT2D eigenvalue weighted by atomic mass is 19.4. The second-order valence-electron chi connectivity index (χ2n) is 9.13. The molecule has 42 heavy (non-hydrogen) atoms. The number of alkyl halides is 18. The van der Waals surface area contributed by atoms with Crippen LogP contribution in [0.5, 0.6) is 0 Å². The Morgan fingerprint density at radius 1 is 0.429 bits per heavy atom. The second kappa shape index (κ2) is 12.7. The largest absolute Gasteiger partial charge is 0.481 e. The van der Waals surface area contributed by atoms with Crippen molar-refractivity contribution in [1.82, 2.24) is 0 Å². The van der Waals surface area contributed by atoms with Crippen molar-refractivity contribution in [3.8, 4) is 0 Å². The number of aliphatic carboxylic acids is 2. The second-order valence-corrected chi connectivity index (χ2v) is 9.13. The fourth-order valence-corrected chi connectivity index (χ4v) is 3.40. The number of rotatable bonds is 17. The van der Waals surface area contributed by atoms with Crippen LogP contribution in [0.1, 0.15) is 51.4 Å².